The van der Waals surface area contributed by atoms with E-state index in [0.717, 1.165) is 19.4 Å². The van der Waals surface area contributed by atoms with Crippen LogP contribution in [0.2, 0.25) is 5.02 Å². The van der Waals surface area contributed by atoms with Crippen molar-refractivity contribution >= 4 is 45.6 Å². The van der Waals surface area contributed by atoms with E-state index in [-0.39, 0.29) is 40.5 Å². The van der Waals surface area contributed by atoms with Gasteiger partial charge in [-0.3, -0.25) is 9.52 Å². The van der Waals surface area contributed by atoms with E-state index in [0.29, 0.717) is 11.6 Å². The Morgan fingerprint density at radius 2 is 1.89 bits per heavy atom. The van der Waals surface area contributed by atoms with E-state index in [4.69, 9.17) is 11.6 Å². The molecule has 2 aromatic rings. The molecular weight excluding hydrogens is 409 g/mol. The van der Waals surface area contributed by atoms with Crippen LogP contribution >= 0.6 is 24.0 Å². The van der Waals surface area contributed by atoms with Crippen molar-refractivity contribution in [1.29, 1.82) is 0 Å². The SMILES string of the molecule is Cl.O=C(N[C@H]1CCCNC1)c1ccc(Cl)cc1NS(=O)(=O)c1ccccc1. The topological polar surface area (TPSA) is 87.3 Å². The van der Waals surface area contributed by atoms with Crippen LogP contribution in [-0.4, -0.2) is 33.5 Å². The van der Waals surface area contributed by atoms with Crippen LogP contribution in [0.15, 0.2) is 53.4 Å². The van der Waals surface area contributed by atoms with E-state index in [1.807, 2.05) is 0 Å². The molecule has 3 N–H and O–H groups in total. The quantitative estimate of drug-likeness (QED) is 0.681. The van der Waals surface area contributed by atoms with Gasteiger partial charge in [-0.1, -0.05) is 29.8 Å². The van der Waals surface area contributed by atoms with E-state index in [9.17, 15) is 13.2 Å². The van der Waals surface area contributed by atoms with Crippen molar-refractivity contribution in [2.24, 2.45) is 0 Å². The van der Waals surface area contributed by atoms with Gasteiger partial charge in [-0.25, -0.2) is 8.42 Å². The molecule has 1 fully saturated rings. The molecule has 27 heavy (non-hydrogen) atoms. The second-order valence-electron chi connectivity index (χ2n) is 6.13. The van der Waals surface area contributed by atoms with Gasteiger partial charge in [0.05, 0.1) is 16.1 Å². The summed E-state index contributed by atoms with van der Waals surface area (Å²) in [6.45, 7) is 1.64. The molecule has 1 saturated heterocycles. The minimum atomic E-state index is -3.82. The fraction of sp³-hybridized carbons (Fsp3) is 0.278. The van der Waals surface area contributed by atoms with Crippen LogP contribution in [-0.2, 0) is 10.0 Å². The summed E-state index contributed by atoms with van der Waals surface area (Å²) in [6, 6.07) is 12.5. The fourth-order valence-electron chi connectivity index (χ4n) is 2.84. The zero-order valence-electron chi connectivity index (χ0n) is 14.4. The van der Waals surface area contributed by atoms with Gasteiger partial charge in [0.15, 0.2) is 0 Å². The van der Waals surface area contributed by atoms with Crippen LogP contribution in [0.1, 0.15) is 23.2 Å². The Labute approximate surface area is 170 Å². The summed E-state index contributed by atoms with van der Waals surface area (Å²) in [6.07, 6.45) is 1.87. The minimum Gasteiger partial charge on any atom is -0.348 e. The highest BCUT2D eigenvalue weighted by Gasteiger charge is 2.21. The number of hydrogen-bond donors (Lipinski definition) is 3. The van der Waals surface area contributed by atoms with Gasteiger partial charge in [0.1, 0.15) is 0 Å². The molecule has 3 rings (SSSR count). The molecule has 1 heterocycles. The van der Waals surface area contributed by atoms with Gasteiger partial charge < -0.3 is 10.6 Å². The highest BCUT2D eigenvalue weighted by atomic mass is 35.5. The van der Waals surface area contributed by atoms with Crippen molar-refractivity contribution in [2.75, 3.05) is 17.8 Å². The monoisotopic (exact) mass is 429 g/mol. The summed E-state index contributed by atoms with van der Waals surface area (Å²) in [5.41, 5.74) is 0.391. The second-order valence-corrected chi connectivity index (χ2v) is 8.24. The van der Waals surface area contributed by atoms with E-state index >= 15 is 0 Å². The molecule has 0 aliphatic carbocycles. The van der Waals surface area contributed by atoms with Crippen molar-refractivity contribution in [3.05, 3.63) is 59.1 Å². The van der Waals surface area contributed by atoms with Gasteiger partial charge in [-0.15, -0.1) is 12.4 Å². The van der Waals surface area contributed by atoms with Crippen LogP contribution < -0.4 is 15.4 Å². The van der Waals surface area contributed by atoms with E-state index in [1.165, 1.54) is 24.3 Å². The normalized spacial score (nSPS) is 16.9. The Kier molecular flexibility index (Phi) is 7.49. The average molecular weight is 430 g/mol. The maximum Gasteiger partial charge on any atom is 0.261 e. The minimum absolute atomic E-state index is 0. The molecule has 0 aromatic heterocycles. The molecule has 0 bridgehead atoms. The van der Waals surface area contributed by atoms with Gasteiger partial charge in [-0.05, 0) is 49.7 Å². The smallest absolute Gasteiger partial charge is 0.261 e. The van der Waals surface area contributed by atoms with Crippen LogP contribution in [0, 0.1) is 0 Å². The highest BCUT2D eigenvalue weighted by Crippen LogP contribution is 2.24. The number of benzene rings is 2. The fourth-order valence-corrected chi connectivity index (χ4v) is 4.10. The third kappa shape index (κ3) is 5.59. The number of amides is 1. The standard InChI is InChI=1S/C18H20ClN3O3S.ClH/c19-13-8-9-16(18(23)21-14-5-4-10-20-12-14)17(11-13)22-26(24,25)15-6-2-1-3-7-15;/h1-3,6-9,11,14,20,22H,4-5,10,12H2,(H,21,23);1H/t14-;/m0./s1. The molecule has 0 radical (unpaired) electrons. The van der Waals surface area contributed by atoms with E-state index in [2.05, 4.69) is 15.4 Å². The Morgan fingerprint density at radius 3 is 2.56 bits per heavy atom. The molecule has 6 nitrogen and oxygen atoms in total. The predicted octanol–water partition coefficient (Wildman–Crippen LogP) is 3.04. The first-order chi connectivity index (χ1) is 12.5. The summed E-state index contributed by atoms with van der Waals surface area (Å²) < 4.78 is 27.6. The maximum atomic E-state index is 12.7. The third-order valence-corrected chi connectivity index (χ3v) is 5.77. The number of nitrogens with one attached hydrogen (secondary N) is 3. The highest BCUT2D eigenvalue weighted by molar-refractivity contribution is 7.92. The summed E-state index contributed by atoms with van der Waals surface area (Å²) in [7, 11) is -3.82. The molecule has 0 unspecified atom stereocenters. The average Bonchev–Trinajstić information content (AvgIpc) is 2.63. The van der Waals surface area contributed by atoms with Crippen molar-refractivity contribution in [3.63, 3.8) is 0 Å². The molecule has 0 spiro atoms. The number of rotatable bonds is 5. The molecular formula is C18H21Cl2N3O3S. The molecule has 9 heteroatoms. The number of anilines is 1. The number of piperidine rings is 1. The molecule has 1 atom stereocenters. The van der Waals surface area contributed by atoms with Crippen molar-refractivity contribution < 1.29 is 13.2 Å². The Morgan fingerprint density at radius 1 is 1.15 bits per heavy atom. The number of halogens is 2. The lowest BCUT2D eigenvalue weighted by Crippen LogP contribution is -2.45. The van der Waals surface area contributed by atoms with Gasteiger partial charge in [0.2, 0.25) is 0 Å². The summed E-state index contributed by atoms with van der Waals surface area (Å²) >= 11 is 6.01. The first kappa shape index (κ1) is 21.5. The van der Waals surface area contributed by atoms with E-state index < -0.39 is 10.0 Å². The van der Waals surface area contributed by atoms with Crippen LogP contribution in [0.5, 0.6) is 0 Å². The van der Waals surface area contributed by atoms with Crippen molar-refractivity contribution in [3.8, 4) is 0 Å². The van der Waals surface area contributed by atoms with Crippen LogP contribution in [0.3, 0.4) is 0 Å². The number of carbonyl (C=O) groups excluding carboxylic acids is 1. The van der Waals surface area contributed by atoms with Crippen LogP contribution in [0.4, 0.5) is 5.69 Å². The first-order valence-corrected chi connectivity index (χ1v) is 10.2. The lowest BCUT2D eigenvalue weighted by molar-refractivity contribution is 0.0931. The van der Waals surface area contributed by atoms with Crippen LogP contribution in [0.25, 0.3) is 0 Å². The summed E-state index contributed by atoms with van der Waals surface area (Å²) in [5, 5.41) is 6.51. The molecule has 1 amide bonds. The molecule has 2 aromatic carbocycles. The van der Waals surface area contributed by atoms with E-state index in [1.54, 1.807) is 24.3 Å². The lowest BCUT2D eigenvalue weighted by Gasteiger charge is -2.24. The Hall–Kier alpha value is -1.80. The number of sulfonamides is 1. The van der Waals surface area contributed by atoms with Gasteiger partial charge in [0.25, 0.3) is 15.9 Å². The van der Waals surface area contributed by atoms with Crippen molar-refractivity contribution in [1.82, 2.24) is 10.6 Å². The summed E-state index contributed by atoms with van der Waals surface area (Å²) in [4.78, 5) is 12.8. The molecule has 146 valence electrons. The Balaban J connectivity index is 0.00000261. The predicted molar refractivity (Wildman–Crippen MR) is 109 cm³/mol. The van der Waals surface area contributed by atoms with Crippen molar-refractivity contribution in [2.45, 2.75) is 23.8 Å². The molecule has 1 aliphatic rings. The third-order valence-electron chi connectivity index (χ3n) is 4.16. The second kappa shape index (κ2) is 9.41. The zero-order chi connectivity index (χ0) is 18.6. The number of hydrogen-bond acceptors (Lipinski definition) is 4. The largest absolute Gasteiger partial charge is 0.348 e. The maximum absolute atomic E-state index is 12.7. The molecule has 0 saturated carbocycles. The molecule has 1 aliphatic heterocycles. The van der Waals surface area contributed by atoms with Gasteiger partial charge in [0, 0.05) is 17.6 Å². The van der Waals surface area contributed by atoms with Gasteiger partial charge in [-0.2, -0.15) is 0 Å². The lowest BCUT2D eigenvalue weighted by atomic mass is 10.1. The zero-order valence-corrected chi connectivity index (χ0v) is 16.8. The number of carbonyl (C=O) groups is 1. The Bertz CT molecular complexity index is 886. The van der Waals surface area contributed by atoms with Gasteiger partial charge >= 0.3 is 0 Å². The summed E-state index contributed by atoms with van der Waals surface area (Å²) in [5.74, 6) is -0.332. The first-order valence-electron chi connectivity index (χ1n) is 8.35.